The van der Waals surface area contributed by atoms with E-state index in [1.165, 1.54) is 12.1 Å². The van der Waals surface area contributed by atoms with Crippen molar-refractivity contribution in [3.8, 4) is 16.9 Å². The van der Waals surface area contributed by atoms with Crippen molar-refractivity contribution in [3.63, 3.8) is 0 Å². The molecule has 0 spiro atoms. The second-order valence-corrected chi connectivity index (χ2v) is 5.59. The zero-order chi connectivity index (χ0) is 18.5. The highest BCUT2D eigenvalue weighted by atomic mass is 16.5. The Morgan fingerprint density at radius 2 is 1.54 bits per heavy atom. The van der Waals surface area contributed by atoms with Crippen molar-refractivity contribution in [2.75, 3.05) is 12.4 Å². The number of carbonyl (C=O) groups excluding carboxylic acids is 1. The van der Waals surface area contributed by atoms with Crippen LogP contribution >= 0.6 is 0 Å². The number of aromatic carboxylic acids is 1. The number of rotatable bonds is 5. The van der Waals surface area contributed by atoms with E-state index in [2.05, 4.69) is 5.32 Å². The number of hydrogen-bond donors (Lipinski definition) is 2. The first kappa shape index (κ1) is 17.2. The Balaban J connectivity index is 1.89. The summed E-state index contributed by atoms with van der Waals surface area (Å²) in [6, 6.07) is 21.2. The summed E-state index contributed by atoms with van der Waals surface area (Å²) >= 11 is 0. The minimum absolute atomic E-state index is 0.0436. The van der Waals surface area contributed by atoms with Gasteiger partial charge in [0, 0.05) is 17.3 Å². The Bertz CT molecular complexity index is 951. The van der Waals surface area contributed by atoms with Crippen LogP contribution in [0.15, 0.2) is 72.8 Å². The molecule has 0 unspecified atom stereocenters. The number of ether oxygens (including phenoxy) is 1. The Kier molecular flexibility index (Phi) is 4.99. The summed E-state index contributed by atoms with van der Waals surface area (Å²) in [4.78, 5) is 23.8. The summed E-state index contributed by atoms with van der Waals surface area (Å²) in [5.41, 5.74) is 2.48. The molecule has 5 nitrogen and oxygen atoms in total. The summed E-state index contributed by atoms with van der Waals surface area (Å²) in [7, 11) is 1.56. The predicted octanol–water partition coefficient (Wildman–Crippen LogP) is 4.31. The molecule has 0 aliphatic carbocycles. The molecular formula is C21H17NO4. The van der Waals surface area contributed by atoms with Gasteiger partial charge in [-0.1, -0.05) is 42.5 Å². The van der Waals surface area contributed by atoms with Crippen LogP contribution in [0.3, 0.4) is 0 Å². The minimum Gasteiger partial charge on any atom is -0.496 e. The standard InChI is InChI=1S/C21H17NO4/c1-26-19-13-15(11-12-16(19)14-7-3-2-4-8-14)22-20(23)17-9-5-6-10-18(17)21(24)25/h2-13H,1H3,(H,22,23)(H,24,25). The molecular weight excluding hydrogens is 330 g/mol. The second-order valence-electron chi connectivity index (χ2n) is 5.59. The molecule has 1 amide bonds. The van der Waals surface area contributed by atoms with Crippen molar-refractivity contribution in [3.05, 3.63) is 83.9 Å². The van der Waals surface area contributed by atoms with Gasteiger partial charge in [-0.05, 0) is 29.8 Å². The van der Waals surface area contributed by atoms with Gasteiger partial charge in [-0.15, -0.1) is 0 Å². The molecule has 0 atom stereocenters. The molecule has 2 N–H and O–H groups in total. The molecule has 0 aliphatic heterocycles. The molecule has 0 saturated heterocycles. The third-order valence-corrected chi connectivity index (χ3v) is 3.95. The normalized spacial score (nSPS) is 10.2. The van der Waals surface area contributed by atoms with Crippen molar-refractivity contribution in [2.45, 2.75) is 0 Å². The molecule has 3 rings (SSSR count). The first-order valence-electron chi connectivity index (χ1n) is 7.97. The van der Waals surface area contributed by atoms with E-state index in [-0.39, 0.29) is 11.1 Å². The number of benzene rings is 3. The summed E-state index contributed by atoms with van der Waals surface area (Å²) < 4.78 is 5.44. The monoisotopic (exact) mass is 347 g/mol. The highest BCUT2D eigenvalue weighted by molar-refractivity contribution is 6.10. The summed E-state index contributed by atoms with van der Waals surface area (Å²) in [5, 5.41) is 11.9. The quantitative estimate of drug-likeness (QED) is 0.721. The second kappa shape index (κ2) is 7.53. The SMILES string of the molecule is COc1cc(NC(=O)c2ccccc2C(=O)O)ccc1-c1ccccc1. The maximum Gasteiger partial charge on any atom is 0.336 e. The lowest BCUT2D eigenvalue weighted by molar-refractivity contribution is 0.0692. The maximum atomic E-state index is 12.5. The van der Waals surface area contributed by atoms with Crippen LogP contribution < -0.4 is 10.1 Å². The molecule has 0 bridgehead atoms. The first-order valence-corrected chi connectivity index (χ1v) is 7.97. The number of hydrogen-bond acceptors (Lipinski definition) is 3. The van der Waals surface area contributed by atoms with Crippen LogP contribution in [0.2, 0.25) is 0 Å². The Hall–Kier alpha value is -3.60. The molecule has 3 aromatic carbocycles. The number of nitrogens with one attached hydrogen (secondary N) is 1. The molecule has 0 aromatic heterocycles. The van der Waals surface area contributed by atoms with Gasteiger partial charge in [-0.3, -0.25) is 4.79 Å². The van der Waals surface area contributed by atoms with Gasteiger partial charge < -0.3 is 15.2 Å². The molecule has 5 heteroatoms. The van der Waals surface area contributed by atoms with E-state index >= 15 is 0 Å². The Morgan fingerprint density at radius 3 is 2.19 bits per heavy atom. The van der Waals surface area contributed by atoms with Crippen molar-refractivity contribution in [1.82, 2.24) is 0 Å². The van der Waals surface area contributed by atoms with Gasteiger partial charge in [0.2, 0.25) is 0 Å². The van der Waals surface area contributed by atoms with Crippen molar-refractivity contribution in [2.24, 2.45) is 0 Å². The van der Waals surface area contributed by atoms with E-state index in [4.69, 9.17) is 4.74 Å². The summed E-state index contributed by atoms with van der Waals surface area (Å²) in [5.74, 6) is -1.02. The fraction of sp³-hybridized carbons (Fsp3) is 0.0476. The van der Waals surface area contributed by atoms with Crippen LogP contribution in [0.1, 0.15) is 20.7 Å². The molecule has 3 aromatic rings. The van der Waals surface area contributed by atoms with Crippen molar-refractivity contribution >= 4 is 17.6 Å². The lowest BCUT2D eigenvalue weighted by atomic mass is 10.0. The number of carboxylic acids is 1. The average molecular weight is 347 g/mol. The smallest absolute Gasteiger partial charge is 0.336 e. The van der Waals surface area contributed by atoms with Gasteiger partial charge in [-0.25, -0.2) is 4.79 Å². The molecule has 0 saturated carbocycles. The van der Waals surface area contributed by atoms with Gasteiger partial charge >= 0.3 is 5.97 Å². The van der Waals surface area contributed by atoms with Gasteiger partial charge in [0.05, 0.1) is 18.2 Å². The number of carboxylic acid groups (broad SMARTS) is 1. The van der Waals surface area contributed by atoms with Crippen LogP contribution in [0.4, 0.5) is 5.69 Å². The number of amides is 1. The third kappa shape index (κ3) is 3.57. The third-order valence-electron chi connectivity index (χ3n) is 3.95. The van der Waals surface area contributed by atoms with Crippen LogP contribution in [0, 0.1) is 0 Å². The van der Waals surface area contributed by atoms with Crippen LogP contribution in [-0.4, -0.2) is 24.1 Å². The minimum atomic E-state index is -1.15. The van der Waals surface area contributed by atoms with Crippen molar-refractivity contribution < 1.29 is 19.4 Å². The van der Waals surface area contributed by atoms with E-state index in [1.807, 2.05) is 36.4 Å². The van der Waals surface area contributed by atoms with E-state index < -0.39 is 11.9 Å². The molecule has 0 radical (unpaired) electrons. The molecule has 130 valence electrons. The van der Waals surface area contributed by atoms with Gasteiger partial charge in [0.25, 0.3) is 5.91 Å². The Morgan fingerprint density at radius 1 is 0.885 bits per heavy atom. The fourth-order valence-electron chi connectivity index (χ4n) is 2.69. The van der Waals surface area contributed by atoms with Gasteiger partial charge in [0.15, 0.2) is 0 Å². The van der Waals surface area contributed by atoms with E-state index in [0.717, 1.165) is 11.1 Å². The molecule has 0 fully saturated rings. The first-order chi connectivity index (χ1) is 12.6. The van der Waals surface area contributed by atoms with E-state index in [1.54, 1.807) is 31.4 Å². The van der Waals surface area contributed by atoms with Crippen LogP contribution in [0.25, 0.3) is 11.1 Å². The number of carbonyl (C=O) groups is 2. The lowest BCUT2D eigenvalue weighted by Crippen LogP contribution is -2.16. The summed E-state index contributed by atoms with van der Waals surface area (Å²) in [6.45, 7) is 0. The number of methoxy groups -OCH3 is 1. The molecule has 26 heavy (non-hydrogen) atoms. The highest BCUT2D eigenvalue weighted by Gasteiger charge is 2.16. The zero-order valence-corrected chi connectivity index (χ0v) is 14.1. The van der Waals surface area contributed by atoms with Crippen molar-refractivity contribution in [1.29, 1.82) is 0 Å². The molecule has 0 aliphatic rings. The fourth-order valence-corrected chi connectivity index (χ4v) is 2.69. The largest absolute Gasteiger partial charge is 0.496 e. The average Bonchev–Trinajstić information content (AvgIpc) is 2.68. The molecule has 0 heterocycles. The zero-order valence-electron chi connectivity index (χ0n) is 14.1. The summed E-state index contributed by atoms with van der Waals surface area (Å²) in [6.07, 6.45) is 0. The van der Waals surface area contributed by atoms with Crippen LogP contribution in [-0.2, 0) is 0 Å². The number of anilines is 1. The van der Waals surface area contributed by atoms with E-state index in [9.17, 15) is 14.7 Å². The van der Waals surface area contributed by atoms with Crippen LogP contribution in [0.5, 0.6) is 5.75 Å². The Labute approximate surface area is 150 Å². The lowest BCUT2D eigenvalue weighted by Gasteiger charge is -2.12. The highest BCUT2D eigenvalue weighted by Crippen LogP contribution is 2.32. The van der Waals surface area contributed by atoms with Gasteiger partial charge in [-0.2, -0.15) is 0 Å². The van der Waals surface area contributed by atoms with E-state index in [0.29, 0.717) is 11.4 Å². The predicted molar refractivity (Wildman–Crippen MR) is 99.8 cm³/mol. The topological polar surface area (TPSA) is 75.6 Å². The van der Waals surface area contributed by atoms with Gasteiger partial charge in [0.1, 0.15) is 5.75 Å². The maximum absolute atomic E-state index is 12.5.